The fourth-order valence-corrected chi connectivity index (χ4v) is 3.76. The number of nitrogens with zero attached hydrogens (tertiary/aromatic N) is 6. The first kappa shape index (κ1) is 21.0. The van der Waals surface area contributed by atoms with E-state index in [1.807, 2.05) is 19.9 Å². The van der Waals surface area contributed by atoms with E-state index in [0.717, 1.165) is 11.4 Å². The van der Waals surface area contributed by atoms with Crippen LogP contribution < -0.4 is 5.32 Å². The molecule has 3 heterocycles. The second kappa shape index (κ2) is 8.89. The van der Waals surface area contributed by atoms with Gasteiger partial charge in [0, 0.05) is 48.3 Å². The molecule has 0 aliphatic carbocycles. The standard InChI is InChI=1S/C21H24ClN7O2/c1-14-12-15(2)29-20(23-14)25-18(26-29)13-19(30)27-8-3-9-28(11-10-27)21(31)24-17-6-4-16(22)5-7-17/h4-7,12H,3,8-11,13H2,1-2H3,(H,24,31). The van der Waals surface area contributed by atoms with Gasteiger partial charge in [-0.05, 0) is 50.6 Å². The number of aryl methyl sites for hydroxylation is 2. The van der Waals surface area contributed by atoms with Crippen LogP contribution in [-0.2, 0) is 11.2 Å². The molecule has 1 fully saturated rings. The van der Waals surface area contributed by atoms with E-state index in [0.29, 0.717) is 54.9 Å². The monoisotopic (exact) mass is 441 g/mol. The number of carbonyl (C=O) groups excluding carboxylic acids is 2. The van der Waals surface area contributed by atoms with Crippen molar-refractivity contribution >= 4 is 35.0 Å². The average Bonchev–Trinajstić information content (AvgIpc) is 2.96. The van der Waals surface area contributed by atoms with Crippen molar-refractivity contribution in [1.82, 2.24) is 29.4 Å². The van der Waals surface area contributed by atoms with E-state index in [2.05, 4.69) is 20.4 Å². The van der Waals surface area contributed by atoms with E-state index >= 15 is 0 Å². The Morgan fingerprint density at radius 1 is 1.03 bits per heavy atom. The molecule has 4 rings (SSSR count). The zero-order valence-electron chi connectivity index (χ0n) is 17.5. The Balaban J connectivity index is 1.36. The fraction of sp³-hybridized carbons (Fsp3) is 0.381. The Hall–Kier alpha value is -3.20. The van der Waals surface area contributed by atoms with Gasteiger partial charge in [0.1, 0.15) is 0 Å². The lowest BCUT2D eigenvalue weighted by molar-refractivity contribution is -0.130. The van der Waals surface area contributed by atoms with Crippen LogP contribution in [0.5, 0.6) is 0 Å². The molecule has 0 unspecified atom stereocenters. The first-order chi connectivity index (χ1) is 14.9. The topological polar surface area (TPSA) is 95.7 Å². The van der Waals surface area contributed by atoms with Crippen molar-refractivity contribution in [1.29, 1.82) is 0 Å². The van der Waals surface area contributed by atoms with Crippen molar-refractivity contribution in [3.8, 4) is 0 Å². The minimum atomic E-state index is -0.185. The lowest BCUT2D eigenvalue weighted by Gasteiger charge is -2.22. The van der Waals surface area contributed by atoms with Crippen molar-refractivity contribution in [2.75, 3.05) is 31.5 Å². The molecule has 3 amide bonds. The number of hydrogen-bond donors (Lipinski definition) is 1. The zero-order valence-corrected chi connectivity index (χ0v) is 18.3. The number of benzene rings is 1. The molecule has 10 heteroatoms. The summed E-state index contributed by atoms with van der Waals surface area (Å²) in [5.41, 5.74) is 2.47. The second-order valence-electron chi connectivity index (χ2n) is 7.61. The van der Waals surface area contributed by atoms with Gasteiger partial charge in [-0.25, -0.2) is 14.3 Å². The summed E-state index contributed by atoms with van der Waals surface area (Å²) in [5, 5.41) is 7.90. The van der Waals surface area contributed by atoms with Crippen LogP contribution in [0.2, 0.25) is 5.02 Å². The fourth-order valence-electron chi connectivity index (χ4n) is 3.64. The van der Waals surface area contributed by atoms with E-state index in [4.69, 9.17) is 11.6 Å². The molecule has 0 saturated carbocycles. The highest BCUT2D eigenvalue weighted by molar-refractivity contribution is 6.30. The van der Waals surface area contributed by atoms with Crippen LogP contribution in [0.25, 0.3) is 5.78 Å². The molecular weight excluding hydrogens is 418 g/mol. The van der Waals surface area contributed by atoms with Crippen LogP contribution in [0.4, 0.5) is 10.5 Å². The van der Waals surface area contributed by atoms with Gasteiger partial charge < -0.3 is 15.1 Å². The zero-order chi connectivity index (χ0) is 22.0. The highest BCUT2D eigenvalue weighted by Crippen LogP contribution is 2.15. The van der Waals surface area contributed by atoms with Crippen molar-refractivity contribution in [2.24, 2.45) is 0 Å². The van der Waals surface area contributed by atoms with Gasteiger partial charge in [-0.3, -0.25) is 4.79 Å². The second-order valence-corrected chi connectivity index (χ2v) is 8.05. The molecule has 3 aromatic rings. The summed E-state index contributed by atoms with van der Waals surface area (Å²) >= 11 is 5.89. The molecule has 1 N–H and O–H groups in total. The summed E-state index contributed by atoms with van der Waals surface area (Å²) in [5.74, 6) is 0.902. The van der Waals surface area contributed by atoms with E-state index in [1.165, 1.54) is 0 Å². The van der Waals surface area contributed by atoms with E-state index in [9.17, 15) is 9.59 Å². The van der Waals surface area contributed by atoms with Crippen molar-refractivity contribution in [3.05, 3.63) is 52.6 Å². The molecular formula is C21H24ClN7O2. The number of urea groups is 1. The number of carbonyl (C=O) groups is 2. The van der Waals surface area contributed by atoms with E-state index in [1.54, 1.807) is 38.6 Å². The number of halogens is 1. The highest BCUT2D eigenvalue weighted by atomic mass is 35.5. The number of rotatable bonds is 3. The Bertz CT molecular complexity index is 1110. The van der Waals surface area contributed by atoms with Gasteiger partial charge >= 0.3 is 6.03 Å². The lowest BCUT2D eigenvalue weighted by Crippen LogP contribution is -2.39. The minimum Gasteiger partial charge on any atom is -0.340 e. The molecule has 1 aliphatic rings. The summed E-state index contributed by atoms with van der Waals surface area (Å²) in [6.45, 7) is 5.94. The number of amides is 3. The number of aromatic nitrogens is 4. The maximum atomic E-state index is 12.8. The molecule has 0 spiro atoms. The molecule has 2 aromatic heterocycles. The summed E-state index contributed by atoms with van der Waals surface area (Å²) in [4.78, 5) is 37.7. The van der Waals surface area contributed by atoms with Gasteiger partial charge in [0.25, 0.3) is 5.78 Å². The third-order valence-corrected chi connectivity index (χ3v) is 5.45. The first-order valence-electron chi connectivity index (χ1n) is 10.2. The lowest BCUT2D eigenvalue weighted by atomic mass is 10.3. The molecule has 1 saturated heterocycles. The number of hydrogen-bond acceptors (Lipinski definition) is 5. The molecule has 0 radical (unpaired) electrons. The Kier molecular flexibility index (Phi) is 6.03. The summed E-state index contributed by atoms with van der Waals surface area (Å²) in [6.07, 6.45) is 0.817. The number of fused-ring (bicyclic) bond motifs is 1. The van der Waals surface area contributed by atoms with Crippen molar-refractivity contribution in [2.45, 2.75) is 26.7 Å². The predicted octanol–water partition coefficient (Wildman–Crippen LogP) is 2.70. The van der Waals surface area contributed by atoms with Crippen LogP contribution in [0, 0.1) is 13.8 Å². The predicted molar refractivity (Wildman–Crippen MR) is 117 cm³/mol. The molecule has 0 atom stereocenters. The maximum absolute atomic E-state index is 12.8. The third-order valence-electron chi connectivity index (χ3n) is 5.20. The first-order valence-corrected chi connectivity index (χ1v) is 10.6. The van der Waals surface area contributed by atoms with E-state index < -0.39 is 0 Å². The smallest absolute Gasteiger partial charge is 0.321 e. The molecule has 9 nitrogen and oxygen atoms in total. The molecule has 162 valence electrons. The Morgan fingerprint density at radius 2 is 1.74 bits per heavy atom. The largest absolute Gasteiger partial charge is 0.340 e. The van der Waals surface area contributed by atoms with Gasteiger partial charge in [0.05, 0.1) is 6.42 Å². The van der Waals surface area contributed by atoms with Gasteiger partial charge in [-0.15, -0.1) is 5.10 Å². The molecule has 1 aliphatic heterocycles. The minimum absolute atomic E-state index is 0.0507. The third kappa shape index (κ3) is 4.93. The van der Waals surface area contributed by atoms with Crippen LogP contribution in [0.15, 0.2) is 30.3 Å². The van der Waals surface area contributed by atoms with Gasteiger partial charge in [-0.2, -0.15) is 4.98 Å². The summed E-state index contributed by atoms with van der Waals surface area (Å²) in [6, 6.07) is 8.71. The van der Waals surface area contributed by atoms with Gasteiger partial charge in [0.2, 0.25) is 5.91 Å². The van der Waals surface area contributed by atoms with Crippen molar-refractivity contribution < 1.29 is 9.59 Å². The van der Waals surface area contributed by atoms with Crippen LogP contribution >= 0.6 is 11.6 Å². The van der Waals surface area contributed by atoms with Gasteiger partial charge in [0.15, 0.2) is 5.82 Å². The van der Waals surface area contributed by atoms with Crippen LogP contribution in [0.3, 0.4) is 0 Å². The summed E-state index contributed by atoms with van der Waals surface area (Å²) < 4.78 is 1.65. The Morgan fingerprint density at radius 3 is 2.52 bits per heavy atom. The van der Waals surface area contributed by atoms with Crippen LogP contribution in [-0.4, -0.2) is 67.5 Å². The van der Waals surface area contributed by atoms with Crippen molar-refractivity contribution in [3.63, 3.8) is 0 Å². The molecule has 1 aromatic carbocycles. The SMILES string of the molecule is Cc1cc(C)n2nc(CC(=O)N3CCCN(C(=O)Nc4ccc(Cl)cc4)CC3)nc2n1. The number of nitrogens with one attached hydrogen (secondary N) is 1. The molecule has 31 heavy (non-hydrogen) atoms. The van der Waals surface area contributed by atoms with Crippen LogP contribution in [0.1, 0.15) is 23.6 Å². The van der Waals surface area contributed by atoms with Gasteiger partial charge in [-0.1, -0.05) is 11.6 Å². The Labute approximate surface area is 185 Å². The molecule has 0 bridgehead atoms. The maximum Gasteiger partial charge on any atom is 0.321 e. The van der Waals surface area contributed by atoms with E-state index in [-0.39, 0.29) is 18.4 Å². The number of anilines is 1. The normalized spacial score (nSPS) is 14.5. The quantitative estimate of drug-likeness (QED) is 0.674. The highest BCUT2D eigenvalue weighted by Gasteiger charge is 2.23. The average molecular weight is 442 g/mol. The summed E-state index contributed by atoms with van der Waals surface area (Å²) in [7, 11) is 0.